The summed E-state index contributed by atoms with van der Waals surface area (Å²) in [6, 6.07) is 26.7. The molecule has 0 amide bonds. The summed E-state index contributed by atoms with van der Waals surface area (Å²) in [5.41, 5.74) is 0. The Morgan fingerprint density at radius 3 is 2.05 bits per heavy atom. The van der Waals surface area contributed by atoms with E-state index in [1.54, 1.807) is 8.79 Å². The Kier molecular flexibility index (Phi) is 5.76. The first-order valence-electron chi connectivity index (χ1n) is 7.18. The van der Waals surface area contributed by atoms with Crippen LogP contribution in [0.5, 0.6) is 0 Å². The van der Waals surface area contributed by atoms with Crippen LogP contribution in [0.1, 0.15) is 13.8 Å². The monoisotopic (exact) mass is 328 g/mol. The average Bonchev–Trinajstić information content (AvgIpc) is 2.48. The van der Waals surface area contributed by atoms with Gasteiger partial charge in [-0.1, -0.05) is 0 Å². The third-order valence-electron chi connectivity index (χ3n) is 3.74. The molecule has 0 bridgehead atoms. The molecule has 0 saturated carbocycles. The topological polar surface area (TPSA) is 0 Å². The first kappa shape index (κ1) is 16.4. The normalized spacial score (nSPS) is 10.9. The molecular weight excluding hydrogens is 308 g/mol. The molecule has 0 atom stereocenters. The predicted molar refractivity (Wildman–Crippen MR) is 96.3 cm³/mol. The van der Waals surface area contributed by atoms with E-state index in [4.69, 9.17) is 0 Å². The van der Waals surface area contributed by atoms with Crippen molar-refractivity contribution >= 4 is 52.8 Å². The van der Waals surface area contributed by atoms with Crippen LogP contribution < -0.4 is 8.79 Å². The van der Waals surface area contributed by atoms with Gasteiger partial charge in [0, 0.05) is 18.9 Å². The fraction of sp³-hybridized carbons (Fsp3) is 0.158. The van der Waals surface area contributed by atoms with Gasteiger partial charge in [0.05, 0.1) is 0 Å². The second kappa shape index (κ2) is 7.36. The van der Waals surface area contributed by atoms with Crippen LogP contribution in [0.4, 0.5) is 0 Å². The van der Waals surface area contributed by atoms with Crippen LogP contribution >= 0.6 is 0 Å². The zero-order chi connectivity index (χ0) is 13.9. The molecule has 0 nitrogen and oxygen atoms in total. The summed E-state index contributed by atoms with van der Waals surface area (Å²) in [5.74, 6) is 0. The largest absolute Gasteiger partial charge is 0 e. The zero-order valence-electron chi connectivity index (χ0n) is 13.0. The van der Waals surface area contributed by atoms with Crippen LogP contribution in [0.15, 0.2) is 72.8 Å². The zero-order valence-corrected chi connectivity index (χ0v) is 15.1. The van der Waals surface area contributed by atoms with Crippen molar-refractivity contribution in [2.75, 3.05) is 0 Å². The SMILES string of the molecule is C[CH](C)[Ge]([c]1ccccc1)[c]1cccc2ccccc12.[Li]. The van der Waals surface area contributed by atoms with Gasteiger partial charge >= 0.3 is 125 Å². The van der Waals surface area contributed by atoms with Crippen molar-refractivity contribution in [1.29, 1.82) is 0 Å². The molecule has 0 spiro atoms. The summed E-state index contributed by atoms with van der Waals surface area (Å²) in [6.45, 7) is 4.76. The van der Waals surface area contributed by atoms with Gasteiger partial charge in [0.15, 0.2) is 0 Å². The molecule has 0 N–H and O–H groups in total. The van der Waals surface area contributed by atoms with Gasteiger partial charge in [-0.05, 0) is 0 Å². The van der Waals surface area contributed by atoms with Crippen LogP contribution in [0.3, 0.4) is 0 Å². The van der Waals surface area contributed by atoms with E-state index < -0.39 is 14.3 Å². The predicted octanol–water partition coefficient (Wildman–Crippen LogP) is 3.48. The second-order valence-electron chi connectivity index (χ2n) is 5.46. The Bertz CT molecular complexity index is 702. The molecule has 0 aliphatic carbocycles. The Morgan fingerprint density at radius 1 is 0.714 bits per heavy atom. The minimum atomic E-state index is -1.50. The van der Waals surface area contributed by atoms with Crippen molar-refractivity contribution < 1.29 is 0 Å². The fourth-order valence-electron chi connectivity index (χ4n) is 2.88. The van der Waals surface area contributed by atoms with E-state index in [0.717, 1.165) is 4.75 Å². The maximum atomic E-state index is 2.38. The number of hydrogen-bond acceptors (Lipinski definition) is 0. The minimum Gasteiger partial charge on any atom is 0 e. The third kappa shape index (κ3) is 3.46. The van der Waals surface area contributed by atoms with Gasteiger partial charge in [0.1, 0.15) is 0 Å². The van der Waals surface area contributed by atoms with Crippen LogP contribution in [0, 0.1) is 0 Å². The molecule has 2 heteroatoms. The maximum absolute atomic E-state index is 2.38. The van der Waals surface area contributed by atoms with Gasteiger partial charge < -0.3 is 0 Å². The second-order valence-corrected chi connectivity index (χ2v) is 12.0. The number of benzene rings is 3. The molecule has 0 aromatic heterocycles. The maximum Gasteiger partial charge on any atom is 0 e. The van der Waals surface area contributed by atoms with Crippen LogP contribution in [-0.4, -0.2) is 33.2 Å². The van der Waals surface area contributed by atoms with Gasteiger partial charge in [0.2, 0.25) is 0 Å². The number of fused-ring (bicyclic) bond motifs is 1. The van der Waals surface area contributed by atoms with Crippen molar-refractivity contribution in [1.82, 2.24) is 0 Å². The van der Waals surface area contributed by atoms with Crippen molar-refractivity contribution in [2.45, 2.75) is 18.6 Å². The Morgan fingerprint density at radius 2 is 1.33 bits per heavy atom. The molecule has 21 heavy (non-hydrogen) atoms. The van der Waals surface area contributed by atoms with Gasteiger partial charge in [-0.15, -0.1) is 0 Å². The van der Waals surface area contributed by atoms with E-state index in [2.05, 4.69) is 86.6 Å². The van der Waals surface area contributed by atoms with E-state index in [1.807, 2.05) is 0 Å². The van der Waals surface area contributed by atoms with Crippen LogP contribution in [0.25, 0.3) is 10.8 Å². The molecule has 2 radical (unpaired) electrons. The molecule has 0 aliphatic heterocycles. The van der Waals surface area contributed by atoms with Crippen molar-refractivity contribution in [3.8, 4) is 0 Å². The van der Waals surface area contributed by atoms with E-state index in [9.17, 15) is 0 Å². The molecule has 3 aromatic rings. The average molecular weight is 327 g/mol. The molecule has 0 fully saturated rings. The minimum absolute atomic E-state index is 0. The summed E-state index contributed by atoms with van der Waals surface area (Å²) in [5, 5.41) is 2.81. The third-order valence-corrected chi connectivity index (χ3v) is 10.3. The summed E-state index contributed by atoms with van der Waals surface area (Å²) in [6.07, 6.45) is 0. The van der Waals surface area contributed by atoms with Gasteiger partial charge in [-0.3, -0.25) is 0 Å². The first-order chi connectivity index (χ1) is 9.77. The van der Waals surface area contributed by atoms with Crippen LogP contribution in [0.2, 0.25) is 4.75 Å². The Labute approximate surface area is 143 Å². The molecule has 0 heterocycles. The van der Waals surface area contributed by atoms with Crippen molar-refractivity contribution in [3.63, 3.8) is 0 Å². The molecule has 3 aromatic carbocycles. The quantitative estimate of drug-likeness (QED) is 0.646. The molecular formula is C19H19GeLi. The van der Waals surface area contributed by atoms with E-state index in [0.29, 0.717) is 0 Å². The summed E-state index contributed by atoms with van der Waals surface area (Å²) >= 11 is -1.50. The van der Waals surface area contributed by atoms with Crippen molar-refractivity contribution in [3.05, 3.63) is 72.8 Å². The summed E-state index contributed by atoms with van der Waals surface area (Å²) in [4.78, 5) is 0. The van der Waals surface area contributed by atoms with Gasteiger partial charge in [0.25, 0.3) is 0 Å². The van der Waals surface area contributed by atoms with E-state index >= 15 is 0 Å². The van der Waals surface area contributed by atoms with Gasteiger partial charge in [-0.2, -0.15) is 0 Å². The van der Waals surface area contributed by atoms with Gasteiger partial charge in [-0.25, -0.2) is 0 Å². The smallest absolute Gasteiger partial charge is 0 e. The molecule has 0 unspecified atom stereocenters. The Hall–Kier alpha value is -0.940. The van der Waals surface area contributed by atoms with Crippen molar-refractivity contribution in [2.24, 2.45) is 0 Å². The summed E-state index contributed by atoms with van der Waals surface area (Å²) in [7, 11) is 0. The Balaban J connectivity index is 0.00000161. The molecule has 100 valence electrons. The van der Waals surface area contributed by atoms with E-state index in [1.165, 1.54) is 10.8 Å². The summed E-state index contributed by atoms with van der Waals surface area (Å²) < 4.78 is 3.91. The number of hydrogen-bond donors (Lipinski definition) is 0. The first-order valence-corrected chi connectivity index (χ1v) is 10.5. The molecule has 0 saturated heterocycles. The number of rotatable bonds is 3. The van der Waals surface area contributed by atoms with Crippen LogP contribution in [-0.2, 0) is 0 Å². The van der Waals surface area contributed by atoms with E-state index in [-0.39, 0.29) is 18.9 Å². The molecule has 3 rings (SSSR count). The standard InChI is InChI=1S/C19H19Ge.Li/c1-15(2)20(17-11-4-3-5-12-17)19-14-8-10-16-9-6-7-13-18(16)19;/h3-15H,1-2H3;. The fourth-order valence-corrected chi connectivity index (χ4v) is 9.06. The molecule has 0 aliphatic rings.